The first kappa shape index (κ1) is 68.8. The number of hydrogen-bond donors (Lipinski definition) is 9. The fourth-order valence-corrected chi connectivity index (χ4v) is 16.8. The van der Waals surface area contributed by atoms with Crippen LogP contribution in [0.2, 0.25) is 0 Å². The van der Waals surface area contributed by atoms with Gasteiger partial charge in [-0.15, -0.1) is 0 Å². The van der Waals surface area contributed by atoms with Crippen LogP contribution in [0, 0.1) is 46.3 Å². The third kappa shape index (κ3) is 11.8. The van der Waals surface area contributed by atoms with Crippen molar-refractivity contribution in [2.75, 3.05) is 54.4 Å². The molecule has 7 aliphatic rings. The molecule has 22 heteroatoms. The molecule has 3 unspecified atom stereocenters. The van der Waals surface area contributed by atoms with Gasteiger partial charge in [-0.3, -0.25) is 14.4 Å². The summed E-state index contributed by atoms with van der Waals surface area (Å²) in [6.07, 6.45) is -9.22. The maximum atomic E-state index is 17.8. The molecule has 9 N–H and O–H groups in total. The summed E-state index contributed by atoms with van der Waals surface area (Å²) in [7, 11) is 6.96. The van der Waals surface area contributed by atoms with Gasteiger partial charge in [-0.05, 0) is 151 Å². The Kier molecular flexibility index (Phi) is 20.5. The fourth-order valence-electron chi connectivity index (χ4n) is 16.8. The highest BCUT2D eigenvalue weighted by molar-refractivity contribution is 6.01. The van der Waals surface area contributed by atoms with Crippen LogP contribution in [0.25, 0.3) is 0 Å². The van der Waals surface area contributed by atoms with Crippen molar-refractivity contribution < 1.29 is 87.3 Å². The maximum absolute atomic E-state index is 17.8. The third-order valence-corrected chi connectivity index (χ3v) is 22.2. The van der Waals surface area contributed by atoms with Gasteiger partial charge < -0.3 is 84.6 Å². The topological polar surface area (TPSA) is 279 Å². The van der Waals surface area contributed by atoms with Gasteiger partial charge in [0.15, 0.2) is 29.6 Å². The molecular formula is C62H104F2N4O16. The van der Waals surface area contributed by atoms with Crippen LogP contribution in [-0.2, 0) is 42.8 Å². The van der Waals surface area contributed by atoms with Gasteiger partial charge in [0.2, 0.25) is 0 Å². The lowest BCUT2D eigenvalue weighted by Crippen LogP contribution is -2.71. The molecule has 3 aliphatic heterocycles. The highest BCUT2D eigenvalue weighted by atomic mass is 19.1. The lowest BCUT2D eigenvalue weighted by Gasteiger charge is -2.63. The van der Waals surface area contributed by atoms with E-state index in [1.54, 1.807) is 62.3 Å². The smallest absolute Gasteiger partial charge is 0.311 e. The van der Waals surface area contributed by atoms with Crippen molar-refractivity contribution in [2.24, 2.45) is 46.3 Å². The first-order valence-electron chi connectivity index (χ1n) is 30.7. The molecule has 7 rings (SSSR count). The molecule has 0 aromatic rings. The number of fused-ring (bicyclic) bond motifs is 5. The van der Waals surface area contributed by atoms with Gasteiger partial charge in [0.25, 0.3) is 5.91 Å². The minimum atomic E-state index is -2.37. The molecular weight excluding hydrogens is 1090 g/mol. The average molecular weight is 1200 g/mol. The van der Waals surface area contributed by atoms with Crippen LogP contribution in [0.1, 0.15) is 135 Å². The van der Waals surface area contributed by atoms with Crippen molar-refractivity contribution in [2.45, 2.75) is 248 Å². The van der Waals surface area contributed by atoms with Crippen molar-refractivity contribution in [3.63, 3.8) is 0 Å². The summed E-state index contributed by atoms with van der Waals surface area (Å²) < 4.78 is 72.8. The molecule has 3 saturated heterocycles. The quantitative estimate of drug-likeness (QED) is 0.0946. The molecule has 0 aromatic heterocycles. The van der Waals surface area contributed by atoms with Crippen LogP contribution in [0.3, 0.4) is 0 Å². The number of methoxy groups -OCH3 is 1. The molecule has 6 fully saturated rings. The van der Waals surface area contributed by atoms with E-state index in [2.05, 4.69) is 10.6 Å². The Morgan fingerprint density at radius 3 is 2.17 bits per heavy atom. The summed E-state index contributed by atoms with van der Waals surface area (Å²) in [6, 6.07) is -0.974. The van der Waals surface area contributed by atoms with Crippen molar-refractivity contribution in [1.82, 2.24) is 20.4 Å². The van der Waals surface area contributed by atoms with E-state index in [1.165, 1.54) is 33.1 Å². The number of cyclic esters (lactones) is 1. The summed E-state index contributed by atoms with van der Waals surface area (Å²) in [5, 5.41) is 91.4. The number of amides is 1. The van der Waals surface area contributed by atoms with E-state index < -0.39 is 159 Å². The van der Waals surface area contributed by atoms with Gasteiger partial charge in [0.1, 0.15) is 41.3 Å². The monoisotopic (exact) mass is 1200 g/mol. The Labute approximate surface area is 496 Å². The zero-order valence-electron chi connectivity index (χ0n) is 52.9. The SMILES string of the molecule is CC[C@H]1OC(=O)[C@H](C)[C@@H](O[C@H]2C[C@@](C)(OC)[C@](O)(CNCCNC(=O)[C@@]3(O)[C@H](C)CC4C5C[C@H](F)C6=CC(=O)C=C[C@]6(C)[C@@]5(F)[C@@H](O)C[C@@]43C)[C@H](C)O2)[C@H](C)C(O[C@@H]2O[C@H](C)C[C@H](N(C)C)[C@H]2O)[C@](C)(O)C[C@@H](C)CN(C)[C@H](C)[C@@H](O)[C@]1(C)O. The number of allylic oxidation sites excluding steroid dienone is 4. The van der Waals surface area contributed by atoms with E-state index in [-0.39, 0.29) is 81.8 Å². The summed E-state index contributed by atoms with van der Waals surface area (Å²) in [5.74, 6) is -6.74. The largest absolute Gasteiger partial charge is 0.459 e. The number of esters is 1. The van der Waals surface area contributed by atoms with Crippen LogP contribution < -0.4 is 10.6 Å². The van der Waals surface area contributed by atoms with Crippen molar-refractivity contribution >= 4 is 17.7 Å². The number of aliphatic hydroxyl groups excluding tert-OH is 3. The van der Waals surface area contributed by atoms with Gasteiger partial charge in [-0.25, -0.2) is 8.78 Å². The maximum Gasteiger partial charge on any atom is 0.311 e. The second kappa shape index (κ2) is 25.0. The van der Waals surface area contributed by atoms with Gasteiger partial charge in [-0.2, -0.15) is 0 Å². The summed E-state index contributed by atoms with van der Waals surface area (Å²) in [5.41, 5.74) is -14.2. The molecule has 0 spiro atoms. The van der Waals surface area contributed by atoms with E-state index in [0.717, 1.165) is 6.08 Å². The number of hydrogen-bond acceptors (Lipinski definition) is 19. The first-order valence-corrected chi connectivity index (χ1v) is 30.7. The number of aliphatic hydroxyl groups is 7. The van der Waals surface area contributed by atoms with E-state index in [9.17, 15) is 50.1 Å². The van der Waals surface area contributed by atoms with E-state index in [4.69, 9.17) is 28.4 Å². The molecule has 4 aliphatic carbocycles. The average Bonchev–Trinajstić information content (AvgIpc) is 1.30. The van der Waals surface area contributed by atoms with Crippen LogP contribution in [-0.4, -0.2) is 231 Å². The van der Waals surface area contributed by atoms with Crippen LogP contribution in [0.5, 0.6) is 0 Å². The molecule has 0 bridgehead atoms. The molecule has 3 saturated carbocycles. The normalized spacial score (nSPS) is 50.8. The van der Waals surface area contributed by atoms with Gasteiger partial charge >= 0.3 is 5.97 Å². The number of nitrogens with one attached hydrogen (secondary N) is 2. The number of ether oxygens (including phenoxy) is 6. The highest BCUT2D eigenvalue weighted by Gasteiger charge is 2.77. The van der Waals surface area contributed by atoms with Crippen molar-refractivity contribution in [3.05, 3.63) is 23.8 Å². The van der Waals surface area contributed by atoms with E-state index >= 15 is 8.78 Å². The zero-order valence-corrected chi connectivity index (χ0v) is 52.9. The Hall–Kier alpha value is -2.65. The van der Waals surface area contributed by atoms with Crippen LogP contribution in [0.4, 0.5) is 8.78 Å². The summed E-state index contributed by atoms with van der Waals surface area (Å²) >= 11 is 0. The highest BCUT2D eigenvalue weighted by Crippen LogP contribution is 2.71. The van der Waals surface area contributed by atoms with Crippen molar-refractivity contribution in [1.29, 1.82) is 0 Å². The minimum Gasteiger partial charge on any atom is -0.459 e. The lowest BCUT2D eigenvalue weighted by atomic mass is 9.44. The number of carbonyl (C=O) groups is 3. The third-order valence-electron chi connectivity index (χ3n) is 22.2. The second-order valence-electron chi connectivity index (χ2n) is 28.2. The van der Waals surface area contributed by atoms with Crippen LogP contribution in [0.15, 0.2) is 23.8 Å². The zero-order chi connectivity index (χ0) is 63.0. The number of likely N-dealkylation sites (N-methyl/N-ethyl adjacent to an activating group) is 2. The number of halogens is 2. The Morgan fingerprint density at radius 1 is 0.893 bits per heavy atom. The predicted octanol–water partition coefficient (Wildman–Crippen LogP) is 3.27. The van der Waals surface area contributed by atoms with Gasteiger partial charge in [-0.1, -0.05) is 40.7 Å². The van der Waals surface area contributed by atoms with Gasteiger partial charge in [0.05, 0.1) is 42.0 Å². The van der Waals surface area contributed by atoms with Crippen molar-refractivity contribution in [3.8, 4) is 0 Å². The van der Waals surface area contributed by atoms with Crippen LogP contribution >= 0.6 is 0 Å². The van der Waals surface area contributed by atoms with E-state index in [1.807, 2.05) is 44.8 Å². The lowest BCUT2D eigenvalue weighted by molar-refractivity contribution is -0.336. The number of ketones is 1. The molecule has 20 nitrogen and oxygen atoms in total. The summed E-state index contributed by atoms with van der Waals surface area (Å²) in [4.78, 5) is 45.2. The number of rotatable bonds is 13. The Bertz CT molecular complexity index is 2420. The Morgan fingerprint density at radius 2 is 1.55 bits per heavy atom. The predicted molar refractivity (Wildman–Crippen MR) is 307 cm³/mol. The molecule has 84 heavy (non-hydrogen) atoms. The van der Waals surface area contributed by atoms with E-state index in [0.29, 0.717) is 13.0 Å². The molecule has 27 atom stereocenters. The van der Waals surface area contributed by atoms with Gasteiger partial charge in [0, 0.05) is 74.5 Å². The number of carbonyl (C=O) groups excluding carboxylic acids is 3. The fraction of sp³-hybridized carbons (Fsp3) is 0.887. The number of alkyl halides is 2. The molecule has 0 aromatic carbocycles. The standard InChI is InChI=1S/C62H104F2N4O16/c1-18-46-59(13,76)50(72)37(7)68(16)30-32(2)27-57(11,75)51(84-53-48(71)44(67(14)15)24-34(4)80-53)35(5)49(36(6)52(73)82-46)83-47-29-58(12,79-17)60(77,38(8)81-47)31-65-21-22-66-54(74)62(78)33(3)23-40-41-26-43(63)42-25-39(69)19-20-55(42,9)61(41,64)45(70)28-56(40,62)10/h19-20,25,32-38,40-41,43-51,53,65,70-72,75-78H,18,21-24,26-31H2,1-17H3,(H,66,74)/t32-,33-,34-,35+,36-,37-,38+,40?,41?,43+,44+,45+,46-,47+,48-,49+,50-,51?,53+,55+,56+,57-,58-,59-,60+,61+,62+/m1/s1. The second-order valence-corrected chi connectivity index (χ2v) is 28.2. The molecule has 1 amide bonds. The first-order chi connectivity index (χ1) is 38.8. The number of nitrogens with zero attached hydrogens (tertiary/aromatic N) is 2. The Balaban J connectivity index is 1.09. The summed E-state index contributed by atoms with van der Waals surface area (Å²) in [6.45, 7) is 22.3. The molecule has 482 valence electrons. The minimum absolute atomic E-state index is 0.0124. The molecule has 3 heterocycles. The molecule has 0 radical (unpaired) electrons.